The van der Waals surface area contributed by atoms with E-state index in [0.29, 0.717) is 10.7 Å². The quantitative estimate of drug-likeness (QED) is 0.620. The monoisotopic (exact) mass is 360 g/mol. The van der Waals surface area contributed by atoms with Crippen LogP contribution in [-0.2, 0) is 0 Å². The number of hydrogen-bond donors (Lipinski definition) is 1. The van der Waals surface area contributed by atoms with Crippen molar-refractivity contribution in [2.75, 3.05) is 17.3 Å². The average molecular weight is 361 g/mol. The van der Waals surface area contributed by atoms with E-state index >= 15 is 0 Å². The summed E-state index contributed by atoms with van der Waals surface area (Å²) in [6, 6.07) is 13.8. The van der Waals surface area contributed by atoms with Crippen LogP contribution in [0.4, 0.5) is 5.13 Å². The van der Waals surface area contributed by atoms with Gasteiger partial charge in [0.15, 0.2) is 5.13 Å². The third-order valence-corrected chi connectivity index (χ3v) is 5.80. The lowest BCUT2D eigenvalue weighted by Gasteiger charge is -2.03. The molecule has 1 aromatic heterocycles. The smallest absolute Gasteiger partial charge is 0.257 e. The molecule has 0 spiro atoms. The van der Waals surface area contributed by atoms with Crippen molar-refractivity contribution in [3.8, 4) is 0 Å². The SMILES string of the molecule is CCSc1ccc(C(=O)Nc2nc3ccc(SC)cc3s2)cc1. The Morgan fingerprint density at radius 2 is 1.91 bits per heavy atom. The number of thiazole rings is 1. The molecule has 0 saturated carbocycles. The number of amides is 1. The Morgan fingerprint density at radius 3 is 2.61 bits per heavy atom. The van der Waals surface area contributed by atoms with Gasteiger partial charge in [0.05, 0.1) is 10.2 Å². The number of aromatic nitrogens is 1. The molecule has 0 fully saturated rings. The zero-order valence-electron chi connectivity index (χ0n) is 12.8. The number of carbonyl (C=O) groups is 1. The maximum atomic E-state index is 12.3. The molecule has 2 aromatic carbocycles. The van der Waals surface area contributed by atoms with E-state index in [-0.39, 0.29) is 5.91 Å². The highest BCUT2D eigenvalue weighted by Gasteiger charge is 2.10. The molecule has 23 heavy (non-hydrogen) atoms. The molecule has 0 bridgehead atoms. The largest absolute Gasteiger partial charge is 0.298 e. The number of fused-ring (bicyclic) bond motifs is 1. The van der Waals surface area contributed by atoms with Crippen molar-refractivity contribution in [2.45, 2.75) is 16.7 Å². The molecule has 0 aliphatic heterocycles. The van der Waals surface area contributed by atoms with E-state index in [1.807, 2.05) is 42.7 Å². The third kappa shape index (κ3) is 3.88. The summed E-state index contributed by atoms with van der Waals surface area (Å²) in [4.78, 5) is 19.2. The van der Waals surface area contributed by atoms with Crippen LogP contribution in [0.25, 0.3) is 10.2 Å². The molecule has 6 heteroatoms. The second kappa shape index (κ2) is 7.38. The molecule has 0 saturated heterocycles. The minimum absolute atomic E-state index is 0.123. The minimum Gasteiger partial charge on any atom is -0.298 e. The summed E-state index contributed by atoms with van der Waals surface area (Å²) in [6.45, 7) is 2.11. The fraction of sp³-hybridized carbons (Fsp3) is 0.176. The van der Waals surface area contributed by atoms with E-state index in [1.165, 1.54) is 21.1 Å². The van der Waals surface area contributed by atoms with Crippen molar-refractivity contribution in [3.63, 3.8) is 0 Å². The highest BCUT2D eigenvalue weighted by molar-refractivity contribution is 7.99. The van der Waals surface area contributed by atoms with E-state index in [1.54, 1.807) is 23.5 Å². The lowest BCUT2D eigenvalue weighted by molar-refractivity contribution is 0.102. The molecule has 1 heterocycles. The van der Waals surface area contributed by atoms with Crippen LogP contribution in [0.2, 0.25) is 0 Å². The fourth-order valence-corrected chi connectivity index (χ4v) is 4.20. The second-order valence-electron chi connectivity index (χ2n) is 4.76. The summed E-state index contributed by atoms with van der Waals surface area (Å²) < 4.78 is 1.09. The normalized spacial score (nSPS) is 10.9. The van der Waals surface area contributed by atoms with Crippen LogP contribution < -0.4 is 5.32 Å². The molecule has 0 aliphatic carbocycles. The van der Waals surface area contributed by atoms with Crippen LogP contribution in [0.15, 0.2) is 52.3 Å². The number of thioether (sulfide) groups is 2. The Hall–Kier alpha value is -1.50. The van der Waals surface area contributed by atoms with Crippen molar-refractivity contribution >= 4 is 56.1 Å². The van der Waals surface area contributed by atoms with E-state index in [0.717, 1.165) is 16.0 Å². The Labute approximate surface area is 147 Å². The van der Waals surface area contributed by atoms with Gasteiger partial charge in [0.25, 0.3) is 5.91 Å². The molecule has 0 unspecified atom stereocenters. The number of rotatable bonds is 5. The standard InChI is InChI=1S/C17H16N2OS3/c1-3-22-12-6-4-11(5-7-12)16(20)19-17-18-14-9-8-13(21-2)10-15(14)23-17/h4-10H,3H2,1-2H3,(H,18,19,20). The molecule has 3 aromatic rings. The maximum absolute atomic E-state index is 12.3. The topological polar surface area (TPSA) is 42.0 Å². The lowest BCUT2D eigenvalue weighted by Crippen LogP contribution is -2.11. The molecule has 1 N–H and O–H groups in total. The van der Waals surface area contributed by atoms with Gasteiger partial charge in [0.2, 0.25) is 0 Å². The van der Waals surface area contributed by atoms with E-state index < -0.39 is 0 Å². The number of anilines is 1. The van der Waals surface area contributed by atoms with Gasteiger partial charge in [-0.25, -0.2) is 4.98 Å². The highest BCUT2D eigenvalue weighted by atomic mass is 32.2. The molecular formula is C17H16N2OS3. The third-order valence-electron chi connectivity index (χ3n) is 3.24. The number of nitrogens with one attached hydrogen (secondary N) is 1. The fourth-order valence-electron chi connectivity index (χ4n) is 2.12. The summed E-state index contributed by atoms with van der Waals surface area (Å²) in [5, 5.41) is 3.53. The highest BCUT2D eigenvalue weighted by Crippen LogP contribution is 2.29. The number of carbonyl (C=O) groups excluding carboxylic acids is 1. The Kier molecular flexibility index (Phi) is 5.25. The summed E-state index contributed by atoms with van der Waals surface area (Å²) in [7, 11) is 0. The minimum atomic E-state index is -0.123. The van der Waals surface area contributed by atoms with Crippen LogP contribution in [0.3, 0.4) is 0 Å². The maximum Gasteiger partial charge on any atom is 0.257 e. The average Bonchev–Trinajstić information content (AvgIpc) is 2.96. The van der Waals surface area contributed by atoms with Crippen LogP contribution >= 0.6 is 34.9 Å². The van der Waals surface area contributed by atoms with Crippen molar-refractivity contribution in [1.82, 2.24) is 4.98 Å². The molecule has 1 amide bonds. The first-order valence-corrected chi connectivity index (χ1v) is 10.2. The van der Waals surface area contributed by atoms with E-state index in [4.69, 9.17) is 0 Å². The second-order valence-corrected chi connectivity index (χ2v) is 8.01. The Morgan fingerprint density at radius 1 is 1.17 bits per heavy atom. The molecule has 0 aliphatic rings. The van der Waals surface area contributed by atoms with E-state index in [2.05, 4.69) is 23.3 Å². The number of hydrogen-bond acceptors (Lipinski definition) is 5. The molecule has 3 rings (SSSR count). The van der Waals surface area contributed by atoms with Gasteiger partial charge >= 0.3 is 0 Å². The van der Waals surface area contributed by atoms with Crippen molar-refractivity contribution in [1.29, 1.82) is 0 Å². The van der Waals surface area contributed by atoms with E-state index in [9.17, 15) is 4.79 Å². The molecular weight excluding hydrogens is 344 g/mol. The van der Waals surface area contributed by atoms with Crippen LogP contribution in [0.1, 0.15) is 17.3 Å². The first kappa shape index (κ1) is 16.4. The Balaban J connectivity index is 1.76. The lowest BCUT2D eigenvalue weighted by atomic mass is 10.2. The number of nitrogens with zero attached hydrogens (tertiary/aromatic N) is 1. The predicted molar refractivity (Wildman–Crippen MR) is 102 cm³/mol. The summed E-state index contributed by atoms with van der Waals surface area (Å²) in [5.41, 5.74) is 1.56. The van der Waals surface area contributed by atoms with Crippen molar-refractivity contribution in [2.24, 2.45) is 0 Å². The van der Waals surface area contributed by atoms with Crippen molar-refractivity contribution < 1.29 is 4.79 Å². The summed E-state index contributed by atoms with van der Waals surface area (Å²) >= 11 is 4.96. The summed E-state index contributed by atoms with van der Waals surface area (Å²) in [6.07, 6.45) is 2.05. The molecule has 0 radical (unpaired) electrons. The van der Waals surface area contributed by atoms with Gasteiger partial charge < -0.3 is 0 Å². The van der Waals surface area contributed by atoms with Gasteiger partial charge in [0.1, 0.15) is 0 Å². The van der Waals surface area contributed by atoms with Gasteiger partial charge in [-0.15, -0.1) is 23.5 Å². The van der Waals surface area contributed by atoms with Crippen LogP contribution in [0, 0.1) is 0 Å². The molecule has 0 atom stereocenters. The van der Waals surface area contributed by atoms with Gasteiger partial charge in [0, 0.05) is 15.4 Å². The molecule has 118 valence electrons. The Bertz CT molecular complexity index is 827. The molecule has 3 nitrogen and oxygen atoms in total. The first-order valence-electron chi connectivity index (χ1n) is 7.18. The van der Waals surface area contributed by atoms with Gasteiger partial charge in [-0.3, -0.25) is 10.1 Å². The van der Waals surface area contributed by atoms with Gasteiger partial charge in [-0.05, 0) is 54.5 Å². The van der Waals surface area contributed by atoms with Crippen LogP contribution in [-0.4, -0.2) is 22.9 Å². The van der Waals surface area contributed by atoms with Gasteiger partial charge in [-0.2, -0.15) is 0 Å². The predicted octanol–water partition coefficient (Wildman–Crippen LogP) is 5.38. The summed E-state index contributed by atoms with van der Waals surface area (Å²) in [5.74, 6) is 0.900. The zero-order chi connectivity index (χ0) is 16.2. The first-order chi connectivity index (χ1) is 11.2. The number of benzene rings is 2. The zero-order valence-corrected chi connectivity index (χ0v) is 15.3. The van der Waals surface area contributed by atoms with Crippen LogP contribution in [0.5, 0.6) is 0 Å². The van der Waals surface area contributed by atoms with Crippen molar-refractivity contribution in [3.05, 3.63) is 48.0 Å². The van der Waals surface area contributed by atoms with Gasteiger partial charge in [-0.1, -0.05) is 18.3 Å².